The highest BCUT2D eigenvalue weighted by Crippen LogP contribution is 2.31. The van der Waals surface area contributed by atoms with Crippen LogP contribution in [0.2, 0.25) is 0 Å². The molecule has 0 unspecified atom stereocenters. The fraction of sp³-hybridized carbons (Fsp3) is 0.467. The van der Waals surface area contributed by atoms with Crippen LogP contribution in [0.15, 0.2) is 22.7 Å². The summed E-state index contributed by atoms with van der Waals surface area (Å²) in [6, 6.07) is 5.94. The van der Waals surface area contributed by atoms with Gasteiger partial charge in [0.05, 0.1) is 20.8 Å². The van der Waals surface area contributed by atoms with Gasteiger partial charge in [0.15, 0.2) is 11.5 Å². The van der Waals surface area contributed by atoms with Gasteiger partial charge in [-0.3, -0.25) is 0 Å². The maximum absolute atomic E-state index is 5.28. The summed E-state index contributed by atoms with van der Waals surface area (Å²) in [6.45, 7) is 4.81. The van der Waals surface area contributed by atoms with Gasteiger partial charge in [0, 0.05) is 11.6 Å². The number of nitrogens with zero attached hydrogens (tertiary/aromatic N) is 2. The zero-order valence-electron chi connectivity index (χ0n) is 12.8. The standard InChI is InChI=1S/C15H21N3O3/c1-5-10(2)16-9-14-17-15(18-21-14)11-6-7-12(19-3)13(8-11)20-4/h6-8,10,16H,5,9H2,1-4H3/t10-/m1/s1. The summed E-state index contributed by atoms with van der Waals surface area (Å²) in [5.74, 6) is 2.42. The number of ether oxygens (including phenoxy) is 2. The van der Waals surface area contributed by atoms with E-state index in [1.54, 1.807) is 14.2 Å². The van der Waals surface area contributed by atoms with Gasteiger partial charge in [0.25, 0.3) is 0 Å². The lowest BCUT2D eigenvalue weighted by Gasteiger charge is -2.08. The normalized spacial score (nSPS) is 12.2. The lowest BCUT2D eigenvalue weighted by Crippen LogP contribution is -2.24. The van der Waals surface area contributed by atoms with E-state index in [0.717, 1.165) is 12.0 Å². The van der Waals surface area contributed by atoms with E-state index < -0.39 is 0 Å². The Morgan fingerprint density at radius 2 is 2.00 bits per heavy atom. The van der Waals surface area contributed by atoms with Crippen molar-refractivity contribution in [3.05, 3.63) is 24.1 Å². The van der Waals surface area contributed by atoms with Crippen LogP contribution in [-0.2, 0) is 6.54 Å². The Bertz CT molecular complexity index is 583. The molecule has 0 fully saturated rings. The molecule has 1 aromatic carbocycles. The van der Waals surface area contributed by atoms with Gasteiger partial charge in [-0.1, -0.05) is 12.1 Å². The topological polar surface area (TPSA) is 69.4 Å². The fourth-order valence-corrected chi connectivity index (χ4v) is 1.83. The van der Waals surface area contributed by atoms with Gasteiger partial charge in [-0.25, -0.2) is 0 Å². The molecule has 6 nitrogen and oxygen atoms in total. The molecule has 2 rings (SSSR count). The number of methoxy groups -OCH3 is 2. The van der Waals surface area contributed by atoms with E-state index in [9.17, 15) is 0 Å². The highest BCUT2D eigenvalue weighted by molar-refractivity contribution is 5.60. The smallest absolute Gasteiger partial charge is 0.240 e. The molecule has 21 heavy (non-hydrogen) atoms. The maximum Gasteiger partial charge on any atom is 0.240 e. The van der Waals surface area contributed by atoms with Gasteiger partial charge in [0.1, 0.15) is 0 Å². The molecule has 0 aliphatic rings. The lowest BCUT2D eigenvalue weighted by molar-refractivity contribution is 0.354. The first-order chi connectivity index (χ1) is 10.2. The third-order valence-corrected chi connectivity index (χ3v) is 3.32. The lowest BCUT2D eigenvalue weighted by atomic mass is 10.2. The molecule has 1 N–H and O–H groups in total. The summed E-state index contributed by atoms with van der Waals surface area (Å²) in [5, 5.41) is 7.31. The van der Waals surface area contributed by atoms with Crippen LogP contribution >= 0.6 is 0 Å². The van der Waals surface area contributed by atoms with Crippen molar-refractivity contribution in [3.8, 4) is 22.9 Å². The quantitative estimate of drug-likeness (QED) is 0.845. The predicted octanol–water partition coefficient (Wildman–Crippen LogP) is 2.64. The Labute approximate surface area is 124 Å². The van der Waals surface area contributed by atoms with Crippen molar-refractivity contribution in [2.24, 2.45) is 0 Å². The minimum Gasteiger partial charge on any atom is -0.493 e. The van der Waals surface area contributed by atoms with E-state index in [0.29, 0.717) is 35.8 Å². The summed E-state index contributed by atoms with van der Waals surface area (Å²) >= 11 is 0. The van der Waals surface area contributed by atoms with Crippen molar-refractivity contribution in [1.82, 2.24) is 15.5 Å². The number of rotatable bonds is 7. The molecule has 0 bridgehead atoms. The molecule has 0 spiro atoms. The molecule has 1 aromatic heterocycles. The van der Waals surface area contributed by atoms with Crippen molar-refractivity contribution < 1.29 is 14.0 Å². The average molecular weight is 291 g/mol. The largest absolute Gasteiger partial charge is 0.493 e. The van der Waals surface area contributed by atoms with Gasteiger partial charge < -0.3 is 19.3 Å². The summed E-state index contributed by atoms with van der Waals surface area (Å²) in [6.07, 6.45) is 1.05. The maximum atomic E-state index is 5.28. The number of hydrogen-bond acceptors (Lipinski definition) is 6. The van der Waals surface area contributed by atoms with Gasteiger partial charge in [-0.2, -0.15) is 4.98 Å². The zero-order chi connectivity index (χ0) is 15.2. The van der Waals surface area contributed by atoms with E-state index in [1.165, 1.54) is 0 Å². The fourth-order valence-electron chi connectivity index (χ4n) is 1.83. The molecule has 1 heterocycles. The van der Waals surface area contributed by atoms with Crippen molar-refractivity contribution in [2.45, 2.75) is 32.9 Å². The molecular weight excluding hydrogens is 270 g/mol. The molecule has 0 aliphatic carbocycles. The Balaban J connectivity index is 2.14. The summed E-state index contributed by atoms with van der Waals surface area (Å²) in [5.41, 5.74) is 0.825. The highest BCUT2D eigenvalue weighted by atomic mass is 16.5. The van der Waals surface area contributed by atoms with Crippen LogP contribution in [0.3, 0.4) is 0 Å². The molecule has 0 radical (unpaired) electrons. The zero-order valence-corrected chi connectivity index (χ0v) is 12.8. The first kappa shape index (κ1) is 15.3. The second-order valence-corrected chi connectivity index (χ2v) is 4.77. The Hall–Kier alpha value is -2.08. The van der Waals surface area contributed by atoms with Crippen LogP contribution in [0.25, 0.3) is 11.4 Å². The second-order valence-electron chi connectivity index (χ2n) is 4.77. The van der Waals surface area contributed by atoms with Crippen LogP contribution in [0.5, 0.6) is 11.5 Å². The molecule has 1 atom stereocenters. The van der Waals surface area contributed by atoms with Gasteiger partial charge in [0.2, 0.25) is 11.7 Å². The van der Waals surface area contributed by atoms with Gasteiger partial charge >= 0.3 is 0 Å². The van der Waals surface area contributed by atoms with Crippen LogP contribution < -0.4 is 14.8 Å². The molecular formula is C15H21N3O3. The summed E-state index contributed by atoms with van der Waals surface area (Å²) < 4.78 is 15.7. The van der Waals surface area contributed by atoms with Crippen LogP contribution in [0, 0.1) is 0 Å². The van der Waals surface area contributed by atoms with E-state index in [1.807, 2.05) is 18.2 Å². The van der Waals surface area contributed by atoms with Crippen molar-refractivity contribution in [3.63, 3.8) is 0 Å². The van der Waals surface area contributed by atoms with E-state index in [2.05, 4.69) is 29.3 Å². The molecule has 6 heteroatoms. The summed E-state index contributed by atoms with van der Waals surface area (Å²) in [7, 11) is 3.20. The molecule has 0 saturated carbocycles. The minimum atomic E-state index is 0.418. The first-order valence-corrected chi connectivity index (χ1v) is 6.96. The molecule has 0 aliphatic heterocycles. The molecule has 2 aromatic rings. The van der Waals surface area contributed by atoms with Crippen molar-refractivity contribution >= 4 is 0 Å². The Morgan fingerprint density at radius 1 is 1.24 bits per heavy atom. The monoisotopic (exact) mass is 291 g/mol. The third kappa shape index (κ3) is 3.72. The van der Waals surface area contributed by atoms with E-state index in [4.69, 9.17) is 14.0 Å². The van der Waals surface area contributed by atoms with Gasteiger partial charge in [-0.15, -0.1) is 0 Å². The molecule has 114 valence electrons. The van der Waals surface area contributed by atoms with Crippen LogP contribution in [-0.4, -0.2) is 30.4 Å². The number of nitrogens with one attached hydrogen (secondary N) is 1. The minimum absolute atomic E-state index is 0.418. The first-order valence-electron chi connectivity index (χ1n) is 6.96. The Kier molecular flexibility index (Phi) is 5.16. The molecule has 0 saturated heterocycles. The number of benzene rings is 1. The number of hydrogen-bond donors (Lipinski definition) is 1. The van der Waals surface area contributed by atoms with Crippen LogP contribution in [0.1, 0.15) is 26.2 Å². The summed E-state index contributed by atoms with van der Waals surface area (Å²) in [4.78, 5) is 4.38. The van der Waals surface area contributed by atoms with Crippen LogP contribution in [0.4, 0.5) is 0 Å². The predicted molar refractivity (Wildman–Crippen MR) is 79.4 cm³/mol. The van der Waals surface area contributed by atoms with Crippen molar-refractivity contribution in [2.75, 3.05) is 14.2 Å². The highest BCUT2D eigenvalue weighted by Gasteiger charge is 2.12. The van der Waals surface area contributed by atoms with Crippen molar-refractivity contribution in [1.29, 1.82) is 0 Å². The average Bonchev–Trinajstić information content (AvgIpc) is 3.00. The molecule has 0 amide bonds. The van der Waals surface area contributed by atoms with E-state index in [-0.39, 0.29) is 0 Å². The SMILES string of the molecule is CC[C@@H](C)NCc1nc(-c2ccc(OC)c(OC)c2)no1. The third-order valence-electron chi connectivity index (χ3n) is 3.32. The Morgan fingerprint density at radius 3 is 2.67 bits per heavy atom. The number of aromatic nitrogens is 2. The van der Waals surface area contributed by atoms with Gasteiger partial charge in [-0.05, 0) is 31.5 Å². The second kappa shape index (κ2) is 7.08. The van der Waals surface area contributed by atoms with E-state index >= 15 is 0 Å².